The molecule has 0 unspecified atom stereocenters. The minimum Gasteiger partial charge on any atom is -0.352 e. The quantitative estimate of drug-likeness (QED) is 0.424. The summed E-state index contributed by atoms with van der Waals surface area (Å²) < 4.78 is 0. The van der Waals surface area contributed by atoms with Crippen molar-refractivity contribution in [1.82, 2.24) is 10.2 Å². The lowest BCUT2D eigenvalue weighted by molar-refractivity contribution is -0.539. The standard InChI is InChI=1S/C27H30ClN3O.C2H6/c1-29-26-18-23(22-8-11-24(28)12-9-22)10-13-25(26)27(32)30-15-14-20-4-6-21(7-5-20)19-31-16-2-3-17-31;1-2/h4-13,18,29H,2-3,14-17,19H2,1H3,(H,30,32);1-2H3/p+1. The molecule has 180 valence electrons. The van der Waals surface area contributed by atoms with Gasteiger partial charge in [0.05, 0.1) is 7.05 Å². The second kappa shape index (κ2) is 13.3. The first kappa shape index (κ1) is 26.0. The highest BCUT2D eigenvalue weighted by molar-refractivity contribution is 6.30. The number of nitrogens with two attached hydrogens (primary N) is 1. The Labute approximate surface area is 209 Å². The average molecular weight is 479 g/mol. The Morgan fingerprint density at radius 2 is 1.53 bits per heavy atom. The summed E-state index contributed by atoms with van der Waals surface area (Å²) in [5, 5.41) is 5.77. The van der Waals surface area contributed by atoms with Gasteiger partial charge in [0.15, 0.2) is 0 Å². The Balaban J connectivity index is 0.00000158. The van der Waals surface area contributed by atoms with Gasteiger partial charge < -0.3 is 10.6 Å². The zero-order chi connectivity index (χ0) is 24.3. The molecule has 0 aliphatic carbocycles. The zero-order valence-corrected chi connectivity index (χ0v) is 21.4. The van der Waals surface area contributed by atoms with Crippen LogP contribution in [0, 0.1) is 0 Å². The zero-order valence-electron chi connectivity index (χ0n) is 20.6. The van der Waals surface area contributed by atoms with Crippen molar-refractivity contribution in [2.45, 2.75) is 39.7 Å². The van der Waals surface area contributed by atoms with Gasteiger partial charge >= 0.3 is 0 Å². The van der Waals surface area contributed by atoms with Crippen molar-refractivity contribution in [2.75, 3.05) is 26.7 Å². The summed E-state index contributed by atoms with van der Waals surface area (Å²) in [6, 6.07) is 22.5. The molecule has 1 heterocycles. The summed E-state index contributed by atoms with van der Waals surface area (Å²) in [6.45, 7) is 8.09. The van der Waals surface area contributed by atoms with Crippen LogP contribution in [0.5, 0.6) is 0 Å². The van der Waals surface area contributed by atoms with Crippen LogP contribution in [-0.2, 0) is 13.0 Å². The van der Waals surface area contributed by atoms with Crippen LogP contribution in [0.1, 0.15) is 48.2 Å². The highest BCUT2D eigenvalue weighted by atomic mass is 35.5. The van der Waals surface area contributed by atoms with Crippen LogP contribution < -0.4 is 10.6 Å². The number of halogens is 1. The summed E-state index contributed by atoms with van der Waals surface area (Å²) in [5.74, 6) is -0.0357. The lowest BCUT2D eigenvalue weighted by Gasteiger charge is -2.14. The fraction of sp³-hybridized carbons (Fsp3) is 0.345. The first-order chi connectivity index (χ1) is 16.6. The first-order valence-corrected chi connectivity index (χ1v) is 12.8. The summed E-state index contributed by atoms with van der Waals surface area (Å²) in [4.78, 5) is 15.3. The number of nitrogens with one attached hydrogen (secondary N) is 1. The molecule has 0 aromatic heterocycles. The van der Waals surface area contributed by atoms with Crippen LogP contribution in [0.15, 0.2) is 66.7 Å². The van der Waals surface area contributed by atoms with Gasteiger partial charge in [-0.15, -0.1) is 0 Å². The smallest absolute Gasteiger partial charge is 0.257 e. The Morgan fingerprint density at radius 1 is 0.912 bits per heavy atom. The number of hydrogen-bond acceptors (Lipinski definition) is 2. The van der Waals surface area contributed by atoms with Crippen molar-refractivity contribution in [3.63, 3.8) is 0 Å². The van der Waals surface area contributed by atoms with Gasteiger partial charge in [-0.05, 0) is 72.8 Å². The van der Waals surface area contributed by atoms with Gasteiger partial charge in [0.2, 0.25) is 0 Å². The summed E-state index contributed by atoms with van der Waals surface area (Å²) in [6.07, 6.45) is 3.46. The largest absolute Gasteiger partial charge is 0.352 e. The van der Waals surface area contributed by atoms with E-state index in [-0.39, 0.29) is 5.91 Å². The molecule has 0 spiro atoms. The van der Waals surface area contributed by atoms with Crippen molar-refractivity contribution < 1.29 is 10.1 Å². The van der Waals surface area contributed by atoms with Gasteiger partial charge in [-0.1, -0.05) is 67.9 Å². The van der Waals surface area contributed by atoms with Gasteiger partial charge in [-0.25, -0.2) is 0 Å². The molecule has 1 amide bonds. The monoisotopic (exact) mass is 478 g/mol. The number of amides is 1. The lowest BCUT2D eigenvalue weighted by Crippen LogP contribution is -2.73. The number of quaternary nitrogens is 1. The Hall–Kier alpha value is -2.66. The molecule has 1 fully saturated rings. The molecule has 3 aromatic rings. The predicted octanol–water partition coefficient (Wildman–Crippen LogP) is 5.43. The summed E-state index contributed by atoms with van der Waals surface area (Å²) in [5.41, 5.74) is 6.39. The highest BCUT2D eigenvalue weighted by Crippen LogP contribution is 2.25. The lowest BCUT2D eigenvalue weighted by atomic mass is 10.0. The highest BCUT2D eigenvalue weighted by Gasteiger charge is 2.15. The van der Waals surface area contributed by atoms with E-state index in [2.05, 4.69) is 40.5 Å². The normalized spacial score (nSPS) is 13.3. The Bertz CT molecular complexity index is 1040. The minimum absolute atomic E-state index is 0.0357. The summed E-state index contributed by atoms with van der Waals surface area (Å²) in [7, 11) is 1.96. The van der Waals surface area contributed by atoms with E-state index in [4.69, 9.17) is 11.6 Å². The van der Waals surface area contributed by atoms with Gasteiger partial charge in [-0.2, -0.15) is 0 Å². The van der Waals surface area contributed by atoms with Crippen molar-refractivity contribution in [3.8, 4) is 11.1 Å². The van der Waals surface area contributed by atoms with Crippen LogP contribution in [0.25, 0.3) is 11.1 Å². The fourth-order valence-corrected chi connectivity index (χ4v) is 4.38. The molecule has 1 aliphatic rings. The van der Waals surface area contributed by atoms with Crippen LogP contribution in [0.4, 0.5) is 5.69 Å². The van der Waals surface area contributed by atoms with E-state index in [0.29, 0.717) is 17.1 Å². The summed E-state index contributed by atoms with van der Waals surface area (Å²) >= 11 is 6.00. The molecule has 0 atom stereocenters. The first-order valence-electron chi connectivity index (χ1n) is 12.4. The van der Waals surface area contributed by atoms with E-state index >= 15 is 0 Å². The molecule has 0 bridgehead atoms. The molecule has 4 rings (SSSR count). The molecular weight excluding hydrogens is 442 g/mol. The maximum atomic E-state index is 12.8. The van der Waals surface area contributed by atoms with E-state index in [1.807, 2.05) is 62.6 Å². The third-order valence-electron chi connectivity index (χ3n) is 6.11. The second-order valence-electron chi connectivity index (χ2n) is 8.40. The number of nitrogens with zero attached hydrogens (tertiary/aromatic N) is 1. The average Bonchev–Trinajstić information content (AvgIpc) is 3.39. The maximum Gasteiger partial charge on any atom is 0.257 e. The number of hydrogen-bond donors (Lipinski definition) is 2. The molecule has 5 heteroatoms. The molecule has 34 heavy (non-hydrogen) atoms. The fourth-order valence-electron chi connectivity index (χ4n) is 4.26. The SMILES string of the molecule is CC.C[NH2+]c1cc(-c2ccc(Cl)cc2)ccc1C(=O)NCCc1ccc(CN2CCCC2)cc1. The Kier molecular flexibility index (Phi) is 10.1. The molecule has 3 N–H and O–H groups in total. The number of likely N-dealkylation sites (tertiary alicyclic amines) is 1. The van der Waals surface area contributed by atoms with Crippen molar-refractivity contribution >= 4 is 23.2 Å². The van der Waals surface area contributed by atoms with E-state index in [1.54, 1.807) is 0 Å². The third-order valence-corrected chi connectivity index (χ3v) is 6.36. The maximum absolute atomic E-state index is 12.8. The van der Waals surface area contributed by atoms with Crippen molar-refractivity contribution in [1.29, 1.82) is 0 Å². The van der Waals surface area contributed by atoms with E-state index < -0.39 is 0 Å². The molecule has 0 radical (unpaired) electrons. The number of carbonyl (C=O) groups is 1. The van der Waals surface area contributed by atoms with Crippen LogP contribution in [0.2, 0.25) is 5.02 Å². The molecule has 3 aromatic carbocycles. The van der Waals surface area contributed by atoms with Gasteiger partial charge in [0, 0.05) is 24.2 Å². The van der Waals surface area contributed by atoms with Gasteiger partial charge in [0.25, 0.3) is 5.91 Å². The Morgan fingerprint density at radius 3 is 2.18 bits per heavy atom. The molecule has 4 nitrogen and oxygen atoms in total. The van der Waals surface area contributed by atoms with Crippen molar-refractivity contribution in [3.05, 3.63) is 88.4 Å². The second-order valence-corrected chi connectivity index (χ2v) is 8.84. The van der Waals surface area contributed by atoms with E-state index in [0.717, 1.165) is 29.8 Å². The molecule has 1 saturated heterocycles. The number of carbonyl (C=O) groups excluding carboxylic acids is 1. The minimum atomic E-state index is -0.0357. The molecular formula is C29H37ClN3O+. The van der Waals surface area contributed by atoms with Crippen LogP contribution in [0.3, 0.4) is 0 Å². The molecule has 0 saturated carbocycles. The predicted molar refractivity (Wildman–Crippen MR) is 143 cm³/mol. The third kappa shape index (κ3) is 7.17. The van der Waals surface area contributed by atoms with Crippen molar-refractivity contribution in [2.24, 2.45) is 0 Å². The van der Waals surface area contributed by atoms with Gasteiger partial charge in [-0.3, -0.25) is 9.69 Å². The number of rotatable bonds is 8. The van der Waals surface area contributed by atoms with E-state index in [9.17, 15) is 4.79 Å². The number of benzene rings is 3. The molecule has 1 aliphatic heterocycles. The van der Waals surface area contributed by atoms with E-state index in [1.165, 1.54) is 37.1 Å². The van der Waals surface area contributed by atoms with Gasteiger partial charge in [0.1, 0.15) is 11.3 Å². The van der Waals surface area contributed by atoms with Crippen LogP contribution in [-0.4, -0.2) is 37.5 Å². The van der Waals surface area contributed by atoms with Crippen LogP contribution >= 0.6 is 11.6 Å². The topological polar surface area (TPSA) is 49.0 Å².